The molecule has 0 saturated carbocycles. The minimum absolute atomic E-state index is 0.111. The van der Waals surface area contributed by atoms with Gasteiger partial charge in [-0.2, -0.15) is 18.4 Å². The summed E-state index contributed by atoms with van der Waals surface area (Å²) in [7, 11) is 0. The molecule has 4 nitrogen and oxygen atoms in total. The Bertz CT molecular complexity index is 996. The van der Waals surface area contributed by atoms with Gasteiger partial charge in [0.15, 0.2) is 0 Å². The Morgan fingerprint density at radius 1 is 1.19 bits per heavy atom. The van der Waals surface area contributed by atoms with E-state index >= 15 is 0 Å². The summed E-state index contributed by atoms with van der Waals surface area (Å²) in [6, 6.07) is 9.45. The van der Waals surface area contributed by atoms with E-state index in [4.69, 9.17) is 0 Å². The zero-order chi connectivity index (χ0) is 22.6. The van der Waals surface area contributed by atoms with Crippen LogP contribution in [0.25, 0.3) is 0 Å². The number of aryl methyl sites for hydroxylation is 1. The topological polar surface area (TPSA) is 49.0 Å². The number of alkyl halides is 3. The second-order valence-electron chi connectivity index (χ2n) is 8.69. The molecule has 0 radical (unpaired) electrons. The molecule has 1 fully saturated rings. The van der Waals surface area contributed by atoms with Crippen molar-refractivity contribution >= 4 is 0 Å². The number of nitrogens with zero attached hydrogens (tertiary/aromatic N) is 3. The molecule has 1 aliphatic rings. The number of nitriles is 1. The molecule has 0 atom stereocenters. The summed E-state index contributed by atoms with van der Waals surface area (Å²) in [5, 5.41) is 9.60. The summed E-state index contributed by atoms with van der Waals surface area (Å²) >= 11 is 0. The molecule has 1 saturated heterocycles. The van der Waals surface area contributed by atoms with Crippen LogP contribution in [0.15, 0.2) is 41.3 Å². The average Bonchev–Trinajstić information content (AvgIpc) is 2.73. The highest BCUT2D eigenvalue weighted by atomic mass is 19.4. The molecular formula is C24H28F3N3O. The Labute approximate surface area is 180 Å². The number of benzene rings is 1. The molecule has 31 heavy (non-hydrogen) atoms. The molecule has 166 valence electrons. The second-order valence-corrected chi connectivity index (χ2v) is 8.69. The first-order valence-electron chi connectivity index (χ1n) is 10.7. The monoisotopic (exact) mass is 431 g/mol. The minimum Gasteiger partial charge on any atom is -0.314 e. The van der Waals surface area contributed by atoms with Gasteiger partial charge in [-0.1, -0.05) is 32.0 Å². The number of aromatic nitrogens is 1. The van der Waals surface area contributed by atoms with Gasteiger partial charge in [0.25, 0.3) is 5.56 Å². The second kappa shape index (κ2) is 9.69. The minimum atomic E-state index is -4.34. The third kappa shape index (κ3) is 5.76. The predicted octanol–water partition coefficient (Wildman–Crippen LogP) is 5.16. The summed E-state index contributed by atoms with van der Waals surface area (Å²) in [6.45, 7) is 6.67. The van der Waals surface area contributed by atoms with E-state index in [-0.39, 0.29) is 17.0 Å². The molecule has 1 aromatic heterocycles. The summed E-state index contributed by atoms with van der Waals surface area (Å²) in [6.07, 6.45) is -0.147. The van der Waals surface area contributed by atoms with Gasteiger partial charge in [-0.3, -0.25) is 9.69 Å². The SMILES string of the molecule is CC(C)CCn1ccc(C2CCN(Cc3cccc(C(F)(F)F)c3)CC2)c(C#N)c1=O. The maximum Gasteiger partial charge on any atom is 0.416 e. The van der Waals surface area contributed by atoms with Gasteiger partial charge in [-0.15, -0.1) is 0 Å². The fourth-order valence-electron chi connectivity index (χ4n) is 4.12. The van der Waals surface area contributed by atoms with Gasteiger partial charge in [-0.25, -0.2) is 0 Å². The van der Waals surface area contributed by atoms with Crippen LogP contribution in [0, 0.1) is 17.2 Å². The number of pyridine rings is 1. The fraction of sp³-hybridized carbons (Fsp3) is 0.500. The van der Waals surface area contributed by atoms with E-state index in [1.807, 2.05) is 6.07 Å². The van der Waals surface area contributed by atoms with Crippen molar-refractivity contribution in [3.05, 3.63) is 69.1 Å². The van der Waals surface area contributed by atoms with Crippen LogP contribution in [0.2, 0.25) is 0 Å². The predicted molar refractivity (Wildman–Crippen MR) is 114 cm³/mol. The Morgan fingerprint density at radius 3 is 2.52 bits per heavy atom. The molecule has 3 rings (SSSR count). The Morgan fingerprint density at radius 2 is 1.90 bits per heavy atom. The van der Waals surface area contributed by atoms with Crippen LogP contribution in [0.1, 0.15) is 61.3 Å². The smallest absolute Gasteiger partial charge is 0.314 e. The molecule has 0 bridgehead atoms. The van der Waals surface area contributed by atoms with Gasteiger partial charge >= 0.3 is 6.18 Å². The summed E-state index contributed by atoms with van der Waals surface area (Å²) in [5.41, 5.74) is 0.803. The van der Waals surface area contributed by atoms with Crippen LogP contribution in [0.4, 0.5) is 13.2 Å². The molecule has 0 unspecified atom stereocenters. The first kappa shape index (κ1) is 23.1. The first-order valence-corrected chi connectivity index (χ1v) is 10.7. The van der Waals surface area contributed by atoms with E-state index in [1.54, 1.807) is 16.8 Å². The van der Waals surface area contributed by atoms with Crippen LogP contribution in [0.3, 0.4) is 0 Å². The molecule has 1 aliphatic heterocycles. The van der Waals surface area contributed by atoms with Gasteiger partial charge in [0.05, 0.1) is 5.56 Å². The summed E-state index contributed by atoms with van der Waals surface area (Å²) < 4.78 is 40.4. The molecule has 0 N–H and O–H groups in total. The average molecular weight is 432 g/mol. The van der Waals surface area contributed by atoms with Gasteiger partial charge in [0, 0.05) is 19.3 Å². The standard InChI is InChI=1S/C24H28F3N3O/c1-17(2)6-12-30-13-9-21(22(15-28)23(30)31)19-7-10-29(11-8-19)16-18-4-3-5-20(14-18)24(25,26)27/h3-5,9,13-14,17,19H,6-8,10-12,16H2,1-2H3. The highest BCUT2D eigenvalue weighted by molar-refractivity contribution is 5.38. The quantitative estimate of drug-likeness (QED) is 0.634. The Hall–Kier alpha value is -2.59. The lowest BCUT2D eigenvalue weighted by molar-refractivity contribution is -0.137. The number of hydrogen-bond donors (Lipinski definition) is 0. The number of piperidine rings is 1. The van der Waals surface area contributed by atoms with E-state index in [1.165, 1.54) is 12.1 Å². The number of likely N-dealkylation sites (tertiary alicyclic amines) is 1. The molecule has 0 amide bonds. The highest BCUT2D eigenvalue weighted by Gasteiger charge is 2.30. The zero-order valence-electron chi connectivity index (χ0n) is 18.0. The van der Waals surface area contributed by atoms with E-state index in [2.05, 4.69) is 24.8 Å². The van der Waals surface area contributed by atoms with E-state index < -0.39 is 11.7 Å². The molecule has 0 spiro atoms. The lowest BCUT2D eigenvalue weighted by atomic mass is 9.87. The van der Waals surface area contributed by atoms with Crippen molar-refractivity contribution in [3.8, 4) is 6.07 Å². The number of hydrogen-bond acceptors (Lipinski definition) is 3. The van der Waals surface area contributed by atoms with Crippen molar-refractivity contribution in [3.63, 3.8) is 0 Å². The van der Waals surface area contributed by atoms with Gasteiger partial charge in [0.2, 0.25) is 0 Å². The van der Waals surface area contributed by atoms with Crippen molar-refractivity contribution in [1.29, 1.82) is 5.26 Å². The first-order chi connectivity index (χ1) is 14.7. The van der Waals surface area contributed by atoms with Crippen molar-refractivity contribution in [2.75, 3.05) is 13.1 Å². The largest absolute Gasteiger partial charge is 0.416 e. The zero-order valence-corrected chi connectivity index (χ0v) is 18.0. The van der Waals surface area contributed by atoms with Crippen molar-refractivity contribution in [2.24, 2.45) is 5.92 Å². The fourth-order valence-corrected chi connectivity index (χ4v) is 4.12. The molecular weight excluding hydrogens is 403 g/mol. The van der Waals surface area contributed by atoms with E-state index in [0.29, 0.717) is 37.7 Å². The summed E-state index contributed by atoms with van der Waals surface area (Å²) in [5.74, 6) is 0.582. The van der Waals surface area contributed by atoms with E-state index in [0.717, 1.165) is 30.9 Å². The van der Waals surface area contributed by atoms with E-state index in [9.17, 15) is 23.2 Å². The van der Waals surface area contributed by atoms with Crippen LogP contribution < -0.4 is 5.56 Å². The van der Waals surface area contributed by atoms with Gasteiger partial charge in [-0.05, 0) is 67.4 Å². The molecule has 1 aromatic carbocycles. The van der Waals surface area contributed by atoms with Gasteiger partial charge in [0.1, 0.15) is 11.6 Å². The van der Waals surface area contributed by atoms with Crippen molar-refractivity contribution in [1.82, 2.24) is 9.47 Å². The maximum atomic E-state index is 12.9. The highest BCUT2D eigenvalue weighted by Crippen LogP contribution is 2.32. The third-order valence-corrected chi connectivity index (χ3v) is 5.94. The van der Waals surface area contributed by atoms with Crippen LogP contribution >= 0.6 is 0 Å². The molecule has 7 heteroatoms. The van der Waals surface area contributed by atoms with Crippen molar-refractivity contribution in [2.45, 2.75) is 58.3 Å². The normalized spacial score (nSPS) is 15.9. The number of halogens is 3. The lowest BCUT2D eigenvalue weighted by Crippen LogP contribution is -2.34. The molecule has 0 aliphatic carbocycles. The van der Waals surface area contributed by atoms with Crippen LogP contribution in [0.5, 0.6) is 0 Å². The van der Waals surface area contributed by atoms with Crippen LogP contribution in [-0.4, -0.2) is 22.6 Å². The van der Waals surface area contributed by atoms with Crippen LogP contribution in [-0.2, 0) is 19.3 Å². The lowest BCUT2D eigenvalue weighted by Gasteiger charge is -2.32. The Balaban J connectivity index is 1.66. The van der Waals surface area contributed by atoms with Crippen molar-refractivity contribution < 1.29 is 13.2 Å². The molecule has 2 aromatic rings. The maximum absolute atomic E-state index is 12.9. The third-order valence-electron chi connectivity index (χ3n) is 5.94. The summed E-state index contributed by atoms with van der Waals surface area (Å²) in [4.78, 5) is 14.9. The molecule has 2 heterocycles. The number of rotatable bonds is 6. The van der Waals surface area contributed by atoms with Gasteiger partial charge < -0.3 is 4.57 Å². The Kier molecular flexibility index (Phi) is 7.22.